The zero-order chi connectivity index (χ0) is 17.5. The van der Waals surface area contributed by atoms with Gasteiger partial charge in [-0.1, -0.05) is 12.1 Å². The summed E-state index contributed by atoms with van der Waals surface area (Å²) < 4.78 is 7.30. The van der Waals surface area contributed by atoms with Gasteiger partial charge in [-0.3, -0.25) is 0 Å². The number of oxazole rings is 1. The van der Waals surface area contributed by atoms with Crippen LogP contribution in [-0.2, 0) is 0 Å². The second-order valence-electron chi connectivity index (χ2n) is 5.92. The Morgan fingerprint density at radius 1 is 1.08 bits per heavy atom. The average Bonchev–Trinajstić information content (AvgIpc) is 3.30. The number of hydrogen-bond acceptors (Lipinski definition) is 6. The molecule has 5 rings (SSSR count). The molecular weight excluding hydrogens is 328 g/mol. The van der Waals surface area contributed by atoms with Crippen LogP contribution in [0.3, 0.4) is 0 Å². The Balaban J connectivity index is 1.62. The molecule has 0 bridgehead atoms. The van der Waals surface area contributed by atoms with Gasteiger partial charge in [0.15, 0.2) is 23.4 Å². The number of imidazole rings is 1. The number of fused-ring (bicyclic) bond motifs is 2. The van der Waals surface area contributed by atoms with Gasteiger partial charge < -0.3 is 19.9 Å². The van der Waals surface area contributed by atoms with Crippen molar-refractivity contribution in [1.29, 1.82) is 0 Å². The van der Waals surface area contributed by atoms with Gasteiger partial charge in [-0.2, -0.15) is 0 Å². The Bertz CT molecular complexity index is 1240. The molecule has 0 aliphatic carbocycles. The number of rotatable bonds is 3. The molecule has 0 aliphatic heterocycles. The molecule has 0 fully saturated rings. The molecule has 0 radical (unpaired) electrons. The molecular formula is C19H14N6O. The second kappa shape index (κ2) is 5.59. The van der Waals surface area contributed by atoms with Gasteiger partial charge in [-0.15, -0.1) is 0 Å². The number of aromatic nitrogens is 4. The van der Waals surface area contributed by atoms with Crippen molar-refractivity contribution in [3.05, 3.63) is 67.4 Å². The summed E-state index contributed by atoms with van der Waals surface area (Å²) in [7, 11) is 0. The number of nitrogen functional groups attached to an aromatic ring is 1. The molecule has 0 amide bonds. The van der Waals surface area contributed by atoms with Crippen molar-refractivity contribution < 1.29 is 4.42 Å². The minimum absolute atomic E-state index is 0.647. The molecule has 26 heavy (non-hydrogen) atoms. The van der Waals surface area contributed by atoms with Crippen molar-refractivity contribution in [3.8, 4) is 11.3 Å². The SMILES string of the molecule is Nc1cccc(-c2cn3ccnc3c(Nc3ccc4ncoc4c3)n2)c1. The Morgan fingerprint density at radius 2 is 2.04 bits per heavy atom. The van der Waals surface area contributed by atoms with Crippen LogP contribution in [0.1, 0.15) is 0 Å². The standard InChI is InChI=1S/C19H14N6O/c20-13-3-1-2-12(8-13)16-10-25-7-6-21-19(25)18(24-16)23-14-4-5-15-17(9-14)26-11-22-15/h1-11H,20H2,(H,23,24). The predicted octanol–water partition coefficient (Wildman–Crippen LogP) is 3.86. The van der Waals surface area contributed by atoms with Gasteiger partial charge in [-0.25, -0.2) is 15.0 Å². The zero-order valence-electron chi connectivity index (χ0n) is 13.6. The molecule has 0 saturated carbocycles. The zero-order valence-corrected chi connectivity index (χ0v) is 13.6. The lowest BCUT2D eigenvalue weighted by Gasteiger charge is -2.10. The van der Waals surface area contributed by atoms with Crippen molar-refractivity contribution in [3.63, 3.8) is 0 Å². The van der Waals surface area contributed by atoms with E-state index in [1.807, 2.05) is 59.3 Å². The molecule has 0 spiro atoms. The van der Waals surface area contributed by atoms with Crippen LogP contribution >= 0.6 is 0 Å². The lowest BCUT2D eigenvalue weighted by atomic mass is 10.1. The predicted molar refractivity (Wildman–Crippen MR) is 100 cm³/mol. The Kier molecular flexibility index (Phi) is 3.11. The van der Waals surface area contributed by atoms with E-state index in [0.29, 0.717) is 17.1 Å². The van der Waals surface area contributed by atoms with E-state index in [0.717, 1.165) is 28.1 Å². The van der Waals surface area contributed by atoms with Crippen LogP contribution in [0.4, 0.5) is 17.2 Å². The second-order valence-corrected chi connectivity index (χ2v) is 5.92. The molecule has 126 valence electrons. The summed E-state index contributed by atoms with van der Waals surface area (Å²) in [5.74, 6) is 0.647. The first-order valence-corrected chi connectivity index (χ1v) is 8.06. The Labute approximate surface area is 148 Å². The quantitative estimate of drug-likeness (QED) is 0.483. The first-order chi connectivity index (χ1) is 12.8. The maximum Gasteiger partial charge on any atom is 0.181 e. The summed E-state index contributed by atoms with van der Waals surface area (Å²) >= 11 is 0. The smallest absolute Gasteiger partial charge is 0.181 e. The third kappa shape index (κ3) is 2.42. The molecule has 3 heterocycles. The van der Waals surface area contributed by atoms with Crippen LogP contribution in [0, 0.1) is 0 Å². The normalized spacial score (nSPS) is 11.2. The van der Waals surface area contributed by atoms with Gasteiger partial charge in [0.2, 0.25) is 0 Å². The summed E-state index contributed by atoms with van der Waals surface area (Å²) in [6, 6.07) is 13.4. The highest BCUT2D eigenvalue weighted by molar-refractivity contribution is 5.80. The fourth-order valence-electron chi connectivity index (χ4n) is 2.92. The third-order valence-electron chi connectivity index (χ3n) is 4.15. The van der Waals surface area contributed by atoms with E-state index in [9.17, 15) is 0 Å². The first kappa shape index (κ1) is 14.5. The van der Waals surface area contributed by atoms with E-state index < -0.39 is 0 Å². The van der Waals surface area contributed by atoms with Gasteiger partial charge >= 0.3 is 0 Å². The monoisotopic (exact) mass is 342 g/mol. The molecule has 0 unspecified atom stereocenters. The fraction of sp³-hybridized carbons (Fsp3) is 0. The first-order valence-electron chi connectivity index (χ1n) is 8.06. The summed E-state index contributed by atoms with van der Waals surface area (Å²) in [6.07, 6.45) is 6.99. The van der Waals surface area contributed by atoms with Crippen molar-refractivity contribution in [2.75, 3.05) is 11.1 Å². The lowest BCUT2D eigenvalue weighted by Crippen LogP contribution is -2.00. The highest BCUT2D eigenvalue weighted by atomic mass is 16.3. The number of hydrogen-bond donors (Lipinski definition) is 2. The van der Waals surface area contributed by atoms with Crippen LogP contribution in [0.25, 0.3) is 28.0 Å². The van der Waals surface area contributed by atoms with Crippen molar-refractivity contribution >= 4 is 33.9 Å². The van der Waals surface area contributed by atoms with Crippen LogP contribution in [-0.4, -0.2) is 19.4 Å². The molecule has 0 aliphatic rings. The average molecular weight is 342 g/mol. The summed E-state index contributed by atoms with van der Waals surface area (Å²) in [5.41, 5.74) is 11.4. The molecule has 0 saturated heterocycles. The van der Waals surface area contributed by atoms with Crippen molar-refractivity contribution in [2.45, 2.75) is 0 Å². The molecule has 2 aromatic carbocycles. The minimum Gasteiger partial charge on any atom is -0.443 e. The number of benzene rings is 2. The van der Waals surface area contributed by atoms with E-state index >= 15 is 0 Å². The maximum absolute atomic E-state index is 5.91. The number of anilines is 3. The van der Waals surface area contributed by atoms with E-state index in [1.54, 1.807) is 6.20 Å². The number of nitrogens with two attached hydrogens (primary N) is 1. The minimum atomic E-state index is 0.647. The van der Waals surface area contributed by atoms with Crippen molar-refractivity contribution in [1.82, 2.24) is 19.4 Å². The topological polar surface area (TPSA) is 94.3 Å². The molecule has 7 nitrogen and oxygen atoms in total. The fourth-order valence-corrected chi connectivity index (χ4v) is 2.92. The molecule has 0 atom stereocenters. The number of nitrogens with zero attached hydrogens (tertiary/aromatic N) is 4. The van der Waals surface area contributed by atoms with Crippen LogP contribution < -0.4 is 11.1 Å². The van der Waals surface area contributed by atoms with Gasteiger partial charge in [0, 0.05) is 41.6 Å². The highest BCUT2D eigenvalue weighted by Gasteiger charge is 2.10. The highest BCUT2D eigenvalue weighted by Crippen LogP contribution is 2.26. The van der Waals surface area contributed by atoms with Gasteiger partial charge in [0.25, 0.3) is 0 Å². The Morgan fingerprint density at radius 3 is 2.96 bits per heavy atom. The van der Waals surface area contributed by atoms with Crippen LogP contribution in [0.5, 0.6) is 0 Å². The van der Waals surface area contributed by atoms with Crippen LogP contribution in [0.2, 0.25) is 0 Å². The summed E-state index contributed by atoms with van der Waals surface area (Å²) in [4.78, 5) is 13.3. The van der Waals surface area contributed by atoms with Crippen LogP contribution in [0.15, 0.2) is 71.9 Å². The van der Waals surface area contributed by atoms with Crippen molar-refractivity contribution in [2.24, 2.45) is 0 Å². The van der Waals surface area contributed by atoms with Gasteiger partial charge in [0.1, 0.15) is 5.52 Å². The van der Waals surface area contributed by atoms with Gasteiger partial charge in [0.05, 0.1) is 5.69 Å². The lowest BCUT2D eigenvalue weighted by molar-refractivity contribution is 0.602. The van der Waals surface area contributed by atoms with E-state index in [-0.39, 0.29) is 0 Å². The summed E-state index contributed by atoms with van der Waals surface area (Å²) in [5, 5.41) is 3.33. The molecule has 3 aromatic heterocycles. The van der Waals surface area contributed by atoms with E-state index in [4.69, 9.17) is 15.1 Å². The summed E-state index contributed by atoms with van der Waals surface area (Å²) in [6.45, 7) is 0. The van der Waals surface area contributed by atoms with E-state index in [1.165, 1.54) is 6.39 Å². The molecule has 5 aromatic rings. The maximum atomic E-state index is 5.91. The van der Waals surface area contributed by atoms with E-state index in [2.05, 4.69) is 15.3 Å². The molecule has 3 N–H and O–H groups in total. The largest absolute Gasteiger partial charge is 0.443 e. The third-order valence-corrected chi connectivity index (χ3v) is 4.15. The van der Waals surface area contributed by atoms with Gasteiger partial charge in [-0.05, 0) is 24.3 Å². The molecule has 7 heteroatoms. The Hall–Kier alpha value is -3.87. The number of nitrogens with one attached hydrogen (secondary N) is 1.